The van der Waals surface area contributed by atoms with Gasteiger partial charge < -0.3 is 4.74 Å². The zero-order chi connectivity index (χ0) is 18.8. The normalized spacial score (nSPS) is 11.0. The van der Waals surface area contributed by atoms with E-state index in [0.29, 0.717) is 18.8 Å². The van der Waals surface area contributed by atoms with Crippen LogP contribution in [0.3, 0.4) is 0 Å². The van der Waals surface area contributed by atoms with E-state index in [0.717, 1.165) is 28.1 Å². The van der Waals surface area contributed by atoms with Crippen molar-refractivity contribution in [2.75, 3.05) is 0 Å². The van der Waals surface area contributed by atoms with E-state index in [-0.39, 0.29) is 5.69 Å². The molecule has 0 saturated carbocycles. The van der Waals surface area contributed by atoms with Crippen molar-refractivity contribution in [2.45, 2.75) is 27.0 Å². The maximum atomic E-state index is 12.9. The second-order valence-corrected chi connectivity index (χ2v) is 6.49. The summed E-state index contributed by atoms with van der Waals surface area (Å²) in [6.45, 7) is 5.06. The summed E-state index contributed by atoms with van der Waals surface area (Å²) >= 11 is 0. The highest BCUT2D eigenvalue weighted by Gasteiger charge is 2.15. The lowest BCUT2D eigenvalue weighted by Gasteiger charge is -2.08. The van der Waals surface area contributed by atoms with Gasteiger partial charge >= 0.3 is 5.69 Å². The van der Waals surface area contributed by atoms with Gasteiger partial charge in [0.1, 0.15) is 12.4 Å². The van der Waals surface area contributed by atoms with E-state index in [1.807, 2.05) is 74.5 Å². The zero-order valence-corrected chi connectivity index (χ0v) is 15.4. The quantitative estimate of drug-likeness (QED) is 0.539. The Bertz CT molecular complexity index is 1130. The van der Waals surface area contributed by atoms with Crippen LogP contribution in [0.4, 0.5) is 0 Å². The Balaban J connectivity index is 1.66. The Kier molecular flexibility index (Phi) is 4.50. The highest BCUT2D eigenvalue weighted by molar-refractivity contribution is 5.74. The minimum absolute atomic E-state index is 0.0800. The molecule has 0 unspecified atom stereocenters. The van der Waals surface area contributed by atoms with Gasteiger partial charge in [-0.2, -0.15) is 0 Å². The van der Waals surface area contributed by atoms with Gasteiger partial charge in [0.25, 0.3) is 0 Å². The van der Waals surface area contributed by atoms with E-state index in [9.17, 15) is 4.79 Å². The number of aromatic nitrogens is 3. The summed E-state index contributed by atoms with van der Waals surface area (Å²) in [5.74, 6) is 0.763. The summed E-state index contributed by atoms with van der Waals surface area (Å²) in [6.07, 6.45) is 1.79. The standard InChI is InChI=1S/C22H21N3O2/c1-3-24-20-13-16(2)14-23-21(20)25(22(24)26)18-9-11-19(12-10-18)27-15-17-7-5-4-6-8-17/h4-14H,3,15H2,1-2H3. The van der Waals surface area contributed by atoms with Crippen LogP contribution >= 0.6 is 0 Å². The number of fused-ring (bicyclic) bond motifs is 1. The van der Waals surface area contributed by atoms with Gasteiger partial charge in [-0.05, 0) is 55.3 Å². The third kappa shape index (κ3) is 3.24. The van der Waals surface area contributed by atoms with Gasteiger partial charge in [0.05, 0.1) is 11.2 Å². The van der Waals surface area contributed by atoms with E-state index in [2.05, 4.69) is 4.98 Å². The third-order valence-corrected chi connectivity index (χ3v) is 4.57. The predicted octanol–water partition coefficient (Wildman–Crippen LogP) is 4.09. The van der Waals surface area contributed by atoms with Crippen LogP contribution in [-0.4, -0.2) is 14.1 Å². The molecular formula is C22H21N3O2. The second kappa shape index (κ2) is 7.11. The summed E-state index contributed by atoms with van der Waals surface area (Å²) in [5, 5.41) is 0. The van der Waals surface area contributed by atoms with E-state index in [4.69, 9.17) is 4.74 Å². The van der Waals surface area contributed by atoms with Crippen LogP contribution in [0.15, 0.2) is 71.7 Å². The van der Waals surface area contributed by atoms with E-state index in [1.54, 1.807) is 15.3 Å². The van der Waals surface area contributed by atoms with Gasteiger partial charge in [-0.25, -0.2) is 14.3 Å². The number of pyridine rings is 1. The van der Waals surface area contributed by atoms with E-state index < -0.39 is 0 Å². The zero-order valence-electron chi connectivity index (χ0n) is 15.4. The Morgan fingerprint density at radius 2 is 1.78 bits per heavy atom. The van der Waals surface area contributed by atoms with Crippen LogP contribution in [-0.2, 0) is 13.2 Å². The highest BCUT2D eigenvalue weighted by atomic mass is 16.5. The molecule has 4 aromatic rings. The van der Waals surface area contributed by atoms with Gasteiger partial charge in [0.15, 0.2) is 5.65 Å². The minimum atomic E-state index is -0.0800. The monoisotopic (exact) mass is 359 g/mol. The summed E-state index contributed by atoms with van der Waals surface area (Å²) in [6, 6.07) is 19.6. The molecule has 27 heavy (non-hydrogen) atoms. The maximum Gasteiger partial charge on any atom is 0.334 e. The second-order valence-electron chi connectivity index (χ2n) is 6.49. The van der Waals surface area contributed by atoms with Crippen molar-refractivity contribution in [3.63, 3.8) is 0 Å². The first-order valence-corrected chi connectivity index (χ1v) is 9.02. The number of benzene rings is 2. The average molecular weight is 359 g/mol. The molecule has 0 saturated heterocycles. The van der Waals surface area contributed by atoms with Gasteiger partial charge in [0, 0.05) is 12.7 Å². The Labute approximate surface area is 157 Å². The van der Waals surface area contributed by atoms with Crippen molar-refractivity contribution in [3.8, 4) is 11.4 Å². The molecule has 0 radical (unpaired) electrons. The van der Waals surface area contributed by atoms with Crippen LogP contribution in [0.5, 0.6) is 5.75 Å². The van der Waals surface area contributed by atoms with Crippen LogP contribution in [0.2, 0.25) is 0 Å². The number of aryl methyl sites for hydroxylation is 2. The smallest absolute Gasteiger partial charge is 0.334 e. The molecule has 0 aliphatic rings. The molecule has 2 aromatic carbocycles. The molecule has 2 aromatic heterocycles. The number of imidazole rings is 1. The molecule has 4 rings (SSSR count). The van der Waals surface area contributed by atoms with Crippen molar-refractivity contribution in [3.05, 3.63) is 88.5 Å². The van der Waals surface area contributed by atoms with E-state index in [1.165, 1.54) is 0 Å². The summed E-state index contributed by atoms with van der Waals surface area (Å²) in [7, 11) is 0. The fourth-order valence-corrected chi connectivity index (χ4v) is 3.20. The molecular weight excluding hydrogens is 338 g/mol. The molecule has 0 N–H and O–H groups in total. The number of rotatable bonds is 5. The lowest BCUT2D eigenvalue weighted by atomic mass is 10.2. The summed E-state index contributed by atoms with van der Waals surface area (Å²) < 4.78 is 9.23. The van der Waals surface area contributed by atoms with Crippen LogP contribution < -0.4 is 10.4 Å². The van der Waals surface area contributed by atoms with Crippen LogP contribution in [0, 0.1) is 6.92 Å². The van der Waals surface area contributed by atoms with Crippen molar-refractivity contribution in [1.82, 2.24) is 14.1 Å². The van der Waals surface area contributed by atoms with Crippen LogP contribution in [0.1, 0.15) is 18.1 Å². The van der Waals surface area contributed by atoms with Gasteiger partial charge in [0.2, 0.25) is 0 Å². The first kappa shape index (κ1) is 17.1. The molecule has 0 bridgehead atoms. The fourth-order valence-electron chi connectivity index (χ4n) is 3.20. The summed E-state index contributed by atoms with van der Waals surface area (Å²) in [4.78, 5) is 17.4. The van der Waals surface area contributed by atoms with Gasteiger partial charge in [-0.15, -0.1) is 0 Å². The largest absolute Gasteiger partial charge is 0.489 e. The number of ether oxygens (including phenoxy) is 1. The highest BCUT2D eigenvalue weighted by Crippen LogP contribution is 2.20. The molecule has 5 heteroatoms. The molecule has 0 atom stereocenters. The molecule has 2 heterocycles. The lowest BCUT2D eigenvalue weighted by Crippen LogP contribution is -2.22. The van der Waals surface area contributed by atoms with Crippen molar-refractivity contribution < 1.29 is 4.74 Å². The fraction of sp³-hybridized carbons (Fsp3) is 0.182. The third-order valence-electron chi connectivity index (χ3n) is 4.57. The molecule has 0 aliphatic carbocycles. The number of hydrogen-bond donors (Lipinski definition) is 0. The number of nitrogens with zero attached hydrogens (tertiary/aromatic N) is 3. The molecule has 0 spiro atoms. The topological polar surface area (TPSA) is 49.0 Å². The maximum absolute atomic E-state index is 12.9. The molecule has 136 valence electrons. The van der Waals surface area contributed by atoms with Crippen LogP contribution in [0.25, 0.3) is 16.9 Å². The number of hydrogen-bond acceptors (Lipinski definition) is 3. The van der Waals surface area contributed by atoms with Crippen molar-refractivity contribution in [2.24, 2.45) is 0 Å². The average Bonchev–Trinajstić information content (AvgIpc) is 2.98. The van der Waals surface area contributed by atoms with Crippen molar-refractivity contribution >= 4 is 11.2 Å². The summed E-state index contributed by atoms with van der Waals surface area (Å²) in [5.41, 5.74) is 4.37. The Morgan fingerprint density at radius 3 is 2.48 bits per heavy atom. The van der Waals surface area contributed by atoms with E-state index >= 15 is 0 Å². The Hall–Kier alpha value is -3.34. The lowest BCUT2D eigenvalue weighted by molar-refractivity contribution is 0.306. The molecule has 0 aliphatic heterocycles. The van der Waals surface area contributed by atoms with Gasteiger partial charge in [-0.1, -0.05) is 30.3 Å². The molecule has 0 amide bonds. The SMILES string of the molecule is CCn1c(=O)n(-c2ccc(OCc3ccccc3)cc2)c2ncc(C)cc21. The predicted molar refractivity (Wildman–Crippen MR) is 107 cm³/mol. The minimum Gasteiger partial charge on any atom is -0.489 e. The molecule has 5 nitrogen and oxygen atoms in total. The molecule has 0 fully saturated rings. The first-order chi connectivity index (χ1) is 13.2. The van der Waals surface area contributed by atoms with Gasteiger partial charge in [-0.3, -0.25) is 4.57 Å². The Morgan fingerprint density at radius 1 is 1.04 bits per heavy atom. The first-order valence-electron chi connectivity index (χ1n) is 9.02. The van der Waals surface area contributed by atoms with Crippen molar-refractivity contribution in [1.29, 1.82) is 0 Å².